The van der Waals surface area contributed by atoms with Crippen LogP contribution in [-0.2, 0) is 11.2 Å². The van der Waals surface area contributed by atoms with Crippen LogP contribution in [0.15, 0.2) is 17.5 Å². The van der Waals surface area contributed by atoms with E-state index in [0.29, 0.717) is 21.5 Å². The van der Waals surface area contributed by atoms with E-state index in [2.05, 4.69) is 4.98 Å². The fourth-order valence-electron chi connectivity index (χ4n) is 1.67. The van der Waals surface area contributed by atoms with Crippen LogP contribution in [0, 0.1) is 6.92 Å². The van der Waals surface area contributed by atoms with Gasteiger partial charge in [0.1, 0.15) is 10.8 Å². The second kappa shape index (κ2) is 5.59. The van der Waals surface area contributed by atoms with E-state index in [1.54, 1.807) is 13.2 Å². The summed E-state index contributed by atoms with van der Waals surface area (Å²) in [5, 5.41) is 11.7. The van der Waals surface area contributed by atoms with Gasteiger partial charge in [0, 0.05) is 16.0 Å². The summed E-state index contributed by atoms with van der Waals surface area (Å²) in [4.78, 5) is 15.0. The third-order valence-corrected chi connectivity index (χ3v) is 3.87. The van der Waals surface area contributed by atoms with Crippen molar-refractivity contribution in [3.63, 3.8) is 0 Å². The molecule has 2 aromatic rings. The summed E-state index contributed by atoms with van der Waals surface area (Å²) in [5.74, 6) is -0.219. The molecule has 1 aromatic carbocycles. The molecule has 0 aliphatic rings. The molecule has 6 heteroatoms. The van der Waals surface area contributed by atoms with Crippen molar-refractivity contribution in [3.8, 4) is 17.0 Å². The Labute approximate surface area is 119 Å². The fraction of sp³-hybridized carbons (Fsp3) is 0.231. The maximum absolute atomic E-state index is 10.7. The Morgan fingerprint density at radius 3 is 2.89 bits per heavy atom. The lowest BCUT2D eigenvalue weighted by molar-refractivity contribution is -0.136. The Morgan fingerprint density at radius 1 is 1.53 bits per heavy atom. The zero-order valence-corrected chi connectivity index (χ0v) is 12.0. The third kappa shape index (κ3) is 3.05. The van der Waals surface area contributed by atoms with Crippen LogP contribution in [0.25, 0.3) is 11.3 Å². The molecule has 100 valence electrons. The number of halogens is 1. The van der Waals surface area contributed by atoms with Gasteiger partial charge in [-0.1, -0.05) is 11.6 Å². The molecular formula is C13H12ClNO3S. The summed E-state index contributed by atoms with van der Waals surface area (Å²) in [7, 11) is 1.58. The number of rotatable bonds is 4. The Kier molecular flexibility index (Phi) is 4.07. The molecule has 0 radical (unpaired) electrons. The highest BCUT2D eigenvalue weighted by atomic mass is 35.5. The average molecular weight is 298 g/mol. The molecule has 0 aliphatic carbocycles. The molecule has 4 nitrogen and oxygen atoms in total. The summed E-state index contributed by atoms with van der Waals surface area (Å²) in [6.45, 7) is 1.89. The Hall–Kier alpha value is -1.59. The average Bonchev–Trinajstić information content (AvgIpc) is 2.79. The molecule has 0 unspecified atom stereocenters. The van der Waals surface area contributed by atoms with Crippen LogP contribution in [0.3, 0.4) is 0 Å². The normalized spacial score (nSPS) is 10.5. The van der Waals surface area contributed by atoms with Crippen LogP contribution in [0.4, 0.5) is 0 Å². The van der Waals surface area contributed by atoms with Gasteiger partial charge in [-0.2, -0.15) is 0 Å². The molecule has 0 aliphatic heterocycles. The topological polar surface area (TPSA) is 59.4 Å². The van der Waals surface area contributed by atoms with Gasteiger partial charge in [-0.25, -0.2) is 4.98 Å². The van der Waals surface area contributed by atoms with Crippen LogP contribution in [0.1, 0.15) is 10.6 Å². The lowest BCUT2D eigenvalue weighted by Gasteiger charge is -2.09. The monoisotopic (exact) mass is 297 g/mol. The van der Waals surface area contributed by atoms with Crippen molar-refractivity contribution in [2.24, 2.45) is 0 Å². The molecule has 2 rings (SSSR count). The van der Waals surface area contributed by atoms with Gasteiger partial charge >= 0.3 is 5.97 Å². The minimum absolute atomic E-state index is 0.0768. The van der Waals surface area contributed by atoms with E-state index >= 15 is 0 Å². The van der Waals surface area contributed by atoms with Gasteiger partial charge in [0.25, 0.3) is 0 Å². The van der Waals surface area contributed by atoms with Gasteiger partial charge in [0.15, 0.2) is 0 Å². The summed E-state index contributed by atoms with van der Waals surface area (Å²) in [6, 6.07) is 3.63. The predicted molar refractivity (Wildman–Crippen MR) is 75.2 cm³/mol. The number of hydrogen-bond donors (Lipinski definition) is 1. The van der Waals surface area contributed by atoms with E-state index in [-0.39, 0.29) is 6.42 Å². The van der Waals surface area contributed by atoms with Crippen LogP contribution in [0.2, 0.25) is 5.02 Å². The largest absolute Gasteiger partial charge is 0.496 e. The summed E-state index contributed by atoms with van der Waals surface area (Å²) in [5.41, 5.74) is 2.37. The number of benzene rings is 1. The molecule has 0 fully saturated rings. The lowest BCUT2D eigenvalue weighted by Crippen LogP contribution is -1.99. The SMILES string of the molecule is COc1cc(C)c(Cl)cc1-c1csc(CC(=O)O)n1. The van der Waals surface area contributed by atoms with Crippen LogP contribution >= 0.6 is 22.9 Å². The van der Waals surface area contributed by atoms with Crippen LogP contribution in [0.5, 0.6) is 5.75 Å². The van der Waals surface area contributed by atoms with Gasteiger partial charge < -0.3 is 9.84 Å². The first-order valence-electron chi connectivity index (χ1n) is 5.52. The smallest absolute Gasteiger partial charge is 0.310 e. The number of carboxylic acids is 1. The molecule has 1 N–H and O–H groups in total. The molecule has 0 amide bonds. The Balaban J connectivity index is 2.43. The molecule has 1 heterocycles. The molecule has 19 heavy (non-hydrogen) atoms. The van der Waals surface area contributed by atoms with E-state index in [0.717, 1.165) is 11.1 Å². The summed E-state index contributed by atoms with van der Waals surface area (Å²) >= 11 is 7.42. The highest BCUT2D eigenvalue weighted by Gasteiger charge is 2.13. The molecule has 0 atom stereocenters. The van der Waals surface area contributed by atoms with Crippen molar-refractivity contribution in [1.29, 1.82) is 0 Å². The summed E-state index contributed by atoms with van der Waals surface area (Å²) in [6.07, 6.45) is -0.0768. The molecule has 0 saturated carbocycles. The maximum atomic E-state index is 10.7. The van der Waals surface area contributed by atoms with Crippen LogP contribution < -0.4 is 4.74 Å². The van der Waals surface area contributed by atoms with Crippen molar-refractivity contribution in [2.75, 3.05) is 7.11 Å². The second-order valence-electron chi connectivity index (χ2n) is 4.00. The van der Waals surface area contributed by atoms with Crippen molar-refractivity contribution < 1.29 is 14.6 Å². The highest BCUT2D eigenvalue weighted by molar-refractivity contribution is 7.10. The van der Waals surface area contributed by atoms with E-state index < -0.39 is 5.97 Å². The van der Waals surface area contributed by atoms with E-state index in [1.807, 2.05) is 18.4 Å². The lowest BCUT2D eigenvalue weighted by atomic mass is 10.1. The van der Waals surface area contributed by atoms with E-state index in [9.17, 15) is 4.79 Å². The summed E-state index contributed by atoms with van der Waals surface area (Å²) < 4.78 is 5.32. The van der Waals surface area contributed by atoms with E-state index in [4.69, 9.17) is 21.4 Å². The number of hydrogen-bond acceptors (Lipinski definition) is 4. The van der Waals surface area contributed by atoms with Gasteiger partial charge in [-0.3, -0.25) is 4.79 Å². The van der Waals surface area contributed by atoms with E-state index in [1.165, 1.54) is 11.3 Å². The molecule has 0 saturated heterocycles. The number of carboxylic acid groups (broad SMARTS) is 1. The molecule has 0 bridgehead atoms. The maximum Gasteiger partial charge on any atom is 0.310 e. The number of thiazole rings is 1. The predicted octanol–water partition coefficient (Wildman–Crippen LogP) is 3.41. The first kappa shape index (κ1) is 13.8. The van der Waals surface area contributed by atoms with Crippen LogP contribution in [-0.4, -0.2) is 23.2 Å². The zero-order chi connectivity index (χ0) is 14.0. The van der Waals surface area contributed by atoms with Gasteiger partial charge in [0.05, 0.1) is 19.2 Å². The Morgan fingerprint density at radius 2 is 2.26 bits per heavy atom. The standard InChI is InChI=1S/C13H12ClNO3S/c1-7-3-11(18-2)8(4-9(7)14)10-6-19-12(15-10)5-13(16)17/h3-4,6H,5H2,1-2H3,(H,16,17). The van der Waals surface area contributed by atoms with Gasteiger partial charge in [0.2, 0.25) is 0 Å². The quantitative estimate of drug-likeness (QED) is 0.939. The minimum Gasteiger partial charge on any atom is -0.496 e. The highest BCUT2D eigenvalue weighted by Crippen LogP contribution is 2.35. The molecule has 1 aromatic heterocycles. The number of aryl methyl sites for hydroxylation is 1. The second-order valence-corrected chi connectivity index (χ2v) is 5.35. The van der Waals surface area contributed by atoms with Gasteiger partial charge in [-0.05, 0) is 24.6 Å². The molecular weight excluding hydrogens is 286 g/mol. The molecule has 0 spiro atoms. The zero-order valence-electron chi connectivity index (χ0n) is 10.4. The number of aromatic nitrogens is 1. The third-order valence-electron chi connectivity index (χ3n) is 2.61. The van der Waals surface area contributed by atoms with Crippen molar-refractivity contribution in [2.45, 2.75) is 13.3 Å². The minimum atomic E-state index is -0.894. The number of aliphatic carboxylic acids is 1. The van der Waals surface area contributed by atoms with Crippen molar-refractivity contribution >= 4 is 28.9 Å². The fourth-order valence-corrected chi connectivity index (χ4v) is 2.62. The Bertz CT molecular complexity index is 624. The first-order valence-corrected chi connectivity index (χ1v) is 6.77. The van der Waals surface area contributed by atoms with Gasteiger partial charge in [-0.15, -0.1) is 11.3 Å². The number of carbonyl (C=O) groups is 1. The number of ether oxygens (including phenoxy) is 1. The first-order chi connectivity index (χ1) is 9.01. The number of nitrogens with zero attached hydrogens (tertiary/aromatic N) is 1. The number of methoxy groups -OCH3 is 1. The van der Waals surface area contributed by atoms with Crippen molar-refractivity contribution in [3.05, 3.63) is 33.1 Å². The van der Waals surface area contributed by atoms with Crippen molar-refractivity contribution in [1.82, 2.24) is 4.98 Å².